The second-order valence-corrected chi connectivity index (χ2v) is 10.5. The fourth-order valence-electron chi connectivity index (χ4n) is 4.01. The van der Waals surface area contributed by atoms with Gasteiger partial charge in [-0.25, -0.2) is 0 Å². The van der Waals surface area contributed by atoms with Crippen LogP contribution in [0.15, 0.2) is 36.9 Å². The molecule has 0 spiro atoms. The van der Waals surface area contributed by atoms with Crippen molar-refractivity contribution < 1.29 is 13.2 Å². The van der Waals surface area contributed by atoms with Crippen LogP contribution in [0, 0.1) is 6.92 Å². The molecule has 176 valence electrons. The summed E-state index contributed by atoms with van der Waals surface area (Å²) in [5.74, 6) is 0. The molecule has 6 nitrogen and oxygen atoms in total. The zero-order valence-electron chi connectivity index (χ0n) is 19.6. The van der Waals surface area contributed by atoms with Crippen LogP contribution in [0.4, 0.5) is 5.69 Å². The Morgan fingerprint density at radius 2 is 1.71 bits per heavy atom. The number of nitrogens with one attached hydrogen (secondary N) is 1. The molecule has 1 fully saturated rings. The van der Waals surface area contributed by atoms with Crippen LogP contribution >= 0.6 is 0 Å². The van der Waals surface area contributed by atoms with Crippen molar-refractivity contribution in [2.24, 2.45) is 0 Å². The molecule has 0 heterocycles. The first-order valence-corrected chi connectivity index (χ1v) is 13.0. The minimum absolute atomic E-state index is 0.0235. The SMILES string of the molecule is C=CCN(C)CCCCCCOC1CCC(N(C)S(=O)(=O)Nc2ccc(C)cc2)CC1. The number of nitrogens with zero attached hydrogens (tertiary/aromatic N) is 2. The van der Waals surface area contributed by atoms with Gasteiger partial charge in [0.25, 0.3) is 0 Å². The number of likely N-dealkylation sites (N-methyl/N-ethyl adjacent to an activating group) is 1. The standard InChI is InChI=1S/C24H41N3O3S/c1-5-18-26(3)19-8-6-7-9-20-30-24-16-14-23(15-17-24)27(4)31(28,29)25-22-12-10-21(2)11-13-22/h5,10-13,23-25H,1,6-9,14-20H2,2-4H3. The van der Waals surface area contributed by atoms with Gasteiger partial charge in [-0.15, -0.1) is 6.58 Å². The Balaban J connectivity index is 1.62. The molecule has 2 rings (SSSR count). The van der Waals surface area contributed by atoms with E-state index in [4.69, 9.17) is 4.74 Å². The first kappa shape index (κ1) is 25.8. The molecule has 0 radical (unpaired) electrons. The molecule has 0 aliphatic heterocycles. The first-order valence-electron chi connectivity index (χ1n) is 11.6. The molecular weight excluding hydrogens is 410 g/mol. The van der Waals surface area contributed by atoms with Crippen molar-refractivity contribution >= 4 is 15.9 Å². The normalized spacial score (nSPS) is 19.6. The number of anilines is 1. The fraction of sp³-hybridized carbons (Fsp3) is 0.667. The molecular formula is C24H41N3O3S. The third-order valence-electron chi connectivity index (χ3n) is 6.06. The zero-order valence-corrected chi connectivity index (χ0v) is 20.4. The largest absolute Gasteiger partial charge is 0.378 e. The van der Waals surface area contributed by atoms with Crippen molar-refractivity contribution in [2.45, 2.75) is 70.4 Å². The average molecular weight is 452 g/mol. The highest BCUT2D eigenvalue weighted by atomic mass is 32.2. The summed E-state index contributed by atoms with van der Waals surface area (Å²) in [6.07, 6.45) is 10.5. The maximum Gasteiger partial charge on any atom is 0.301 e. The van der Waals surface area contributed by atoms with Crippen LogP contribution in [0.2, 0.25) is 0 Å². The summed E-state index contributed by atoms with van der Waals surface area (Å²) in [5.41, 5.74) is 1.70. The van der Waals surface area contributed by atoms with Crippen LogP contribution in [0.1, 0.15) is 56.9 Å². The number of benzene rings is 1. The van der Waals surface area contributed by atoms with Crippen LogP contribution in [0.3, 0.4) is 0 Å². The van der Waals surface area contributed by atoms with Gasteiger partial charge in [0.2, 0.25) is 0 Å². The van der Waals surface area contributed by atoms with E-state index >= 15 is 0 Å². The number of ether oxygens (including phenoxy) is 1. The van der Waals surface area contributed by atoms with Crippen molar-refractivity contribution in [1.82, 2.24) is 9.21 Å². The molecule has 0 amide bonds. The van der Waals surface area contributed by atoms with E-state index in [1.165, 1.54) is 23.6 Å². The molecule has 0 aromatic heterocycles. The zero-order chi connectivity index (χ0) is 22.7. The molecule has 7 heteroatoms. The second-order valence-electron chi connectivity index (χ2n) is 8.76. The van der Waals surface area contributed by atoms with E-state index in [0.717, 1.165) is 57.4 Å². The Labute approximate surface area is 189 Å². The Bertz CT molecular complexity index is 744. The lowest BCUT2D eigenvalue weighted by atomic mass is 9.93. The van der Waals surface area contributed by atoms with Gasteiger partial charge in [-0.1, -0.05) is 36.6 Å². The van der Waals surface area contributed by atoms with Gasteiger partial charge in [0, 0.05) is 31.9 Å². The van der Waals surface area contributed by atoms with Crippen LogP contribution in [-0.2, 0) is 14.9 Å². The van der Waals surface area contributed by atoms with Crippen molar-refractivity contribution in [3.8, 4) is 0 Å². The molecule has 1 aromatic carbocycles. The van der Waals surface area contributed by atoms with Crippen molar-refractivity contribution in [1.29, 1.82) is 0 Å². The highest BCUT2D eigenvalue weighted by Gasteiger charge is 2.30. The van der Waals surface area contributed by atoms with Gasteiger partial charge in [0.05, 0.1) is 6.10 Å². The topological polar surface area (TPSA) is 61.9 Å². The summed E-state index contributed by atoms with van der Waals surface area (Å²) >= 11 is 0. The molecule has 0 bridgehead atoms. The summed E-state index contributed by atoms with van der Waals surface area (Å²) in [5, 5.41) is 0. The van der Waals surface area contributed by atoms with Gasteiger partial charge in [-0.05, 0) is 71.2 Å². The van der Waals surface area contributed by atoms with Gasteiger partial charge < -0.3 is 9.64 Å². The first-order chi connectivity index (χ1) is 14.8. The number of hydrogen-bond donors (Lipinski definition) is 1. The molecule has 0 unspecified atom stereocenters. The van der Waals surface area contributed by atoms with Crippen molar-refractivity contribution in [2.75, 3.05) is 38.5 Å². The molecule has 31 heavy (non-hydrogen) atoms. The van der Waals surface area contributed by atoms with Crippen molar-refractivity contribution in [3.63, 3.8) is 0 Å². The Morgan fingerprint density at radius 1 is 1.06 bits per heavy atom. The van der Waals surface area contributed by atoms with Gasteiger partial charge in [0.1, 0.15) is 0 Å². The summed E-state index contributed by atoms with van der Waals surface area (Å²) in [4.78, 5) is 2.29. The monoisotopic (exact) mass is 451 g/mol. The Hall–Kier alpha value is -1.41. The quantitative estimate of drug-likeness (QED) is 0.332. The minimum Gasteiger partial charge on any atom is -0.378 e. The second kappa shape index (κ2) is 13.2. The molecule has 0 atom stereocenters. The van der Waals surface area contributed by atoms with Gasteiger partial charge in [-0.2, -0.15) is 12.7 Å². The van der Waals surface area contributed by atoms with Gasteiger partial charge in [0.15, 0.2) is 0 Å². The summed E-state index contributed by atoms with van der Waals surface area (Å²) in [6.45, 7) is 8.62. The van der Waals surface area contributed by atoms with E-state index in [0.29, 0.717) is 5.69 Å². The highest BCUT2D eigenvalue weighted by Crippen LogP contribution is 2.27. The lowest BCUT2D eigenvalue weighted by Gasteiger charge is -2.34. The summed E-state index contributed by atoms with van der Waals surface area (Å²) in [6, 6.07) is 7.43. The average Bonchev–Trinajstić information content (AvgIpc) is 2.74. The van der Waals surface area contributed by atoms with Crippen LogP contribution in [0.25, 0.3) is 0 Å². The number of unbranched alkanes of at least 4 members (excludes halogenated alkanes) is 3. The fourth-order valence-corrected chi connectivity index (χ4v) is 5.19. The predicted molar refractivity (Wildman–Crippen MR) is 130 cm³/mol. The number of rotatable bonds is 14. The van der Waals surface area contributed by atoms with E-state index in [2.05, 4.69) is 23.2 Å². The maximum absolute atomic E-state index is 12.7. The van der Waals surface area contributed by atoms with Crippen LogP contribution in [0.5, 0.6) is 0 Å². The lowest BCUT2D eigenvalue weighted by molar-refractivity contribution is 0.0157. The van der Waals surface area contributed by atoms with E-state index in [-0.39, 0.29) is 12.1 Å². The summed E-state index contributed by atoms with van der Waals surface area (Å²) < 4.78 is 35.7. The number of hydrogen-bond acceptors (Lipinski definition) is 4. The van der Waals surface area contributed by atoms with E-state index in [9.17, 15) is 8.42 Å². The maximum atomic E-state index is 12.7. The third-order valence-corrected chi connectivity index (χ3v) is 7.61. The van der Waals surface area contributed by atoms with Gasteiger partial charge >= 0.3 is 10.2 Å². The molecule has 1 N–H and O–H groups in total. The molecule has 1 aromatic rings. The molecule has 1 saturated carbocycles. The minimum atomic E-state index is -3.55. The van der Waals surface area contributed by atoms with Crippen LogP contribution < -0.4 is 4.72 Å². The number of aryl methyl sites for hydroxylation is 1. The lowest BCUT2D eigenvalue weighted by Crippen LogP contribution is -2.43. The van der Waals surface area contributed by atoms with E-state index in [1.54, 1.807) is 19.2 Å². The van der Waals surface area contributed by atoms with E-state index < -0.39 is 10.2 Å². The van der Waals surface area contributed by atoms with Crippen LogP contribution in [-0.4, -0.2) is 63.6 Å². The highest BCUT2D eigenvalue weighted by molar-refractivity contribution is 7.90. The Morgan fingerprint density at radius 3 is 2.35 bits per heavy atom. The molecule has 1 aliphatic rings. The predicted octanol–water partition coefficient (Wildman–Crippen LogP) is 4.59. The molecule has 0 saturated heterocycles. The third kappa shape index (κ3) is 9.31. The van der Waals surface area contributed by atoms with E-state index in [1.807, 2.05) is 25.1 Å². The van der Waals surface area contributed by atoms with Crippen molar-refractivity contribution in [3.05, 3.63) is 42.5 Å². The summed E-state index contributed by atoms with van der Waals surface area (Å²) in [7, 11) is 0.253. The molecule has 1 aliphatic carbocycles. The van der Waals surface area contributed by atoms with Gasteiger partial charge in [-0.3, -0.25) is 4.72 Å². The Kier molecular flexibility index (Phi) is 11.0. The smallest absolute Gasteiger partial charge is 0.301 e.